The maximum atomic E-state index is 5.63. The van der Waals surface area contributed by atoms with Gasteiger partial charge in [-0.15, -0.1) is 0 Å². The monoisotopic (exact) mass is 160 g/mol. The normalized spacial score (nSPS) is 12.0. The second-order valence-electron chi connectivity index (χ2n) is 3.56. The zero-order valence-corrected chi connectivity index (χ0v) is 8.48. The number of nitrogens with one attached hydrogen (secondary N) is 1. The Morgan fingerprint density at radius 2 is 1.55 bits per heavy atom. The summed E-state index contributed by atoms with van der Waals surface area (Å²) in [6.45, 7) is 11.7. The number of rotatable bonds is 5. The lowest BCUT2D eigenvalue weighted by Gasteiger charge is -2.24. The standard InChI is InChI=1S/C9H21NO/c1-6-7-11-10(8(2)3)9(4)5/h8-9H,6-7H2,1-5H3/p+1. The maximum absolute atomic E-state index is 5.63. The fraction of sp³-hybridized carbons (Fsp3) is 1.00. The maximum Gasteiger partial charge on any atom is 0.112 e. The minimum Gasteiger partial charge on any atom is -0.204 e. The third kappa shape index (κ3) is 4.38. The van der Waals surface area contributed by atoms with E-state index in [1.165, 1.54) is 5.06 Å². The van der Waals surface area contributed by atoms with Crippen molar-refractivity contribution in [2.75, 3.05) is 6.61 Å². The first-order valence-corrected chi connectivity index (χ1v) is 4.59. The molecule has 0 aliphatic rings. The highest BCUT2D eigenvalue weighted by Crippen LogP contribution is 1.79. The Morgan fingerprint density at radius 1 is 1.09 bits per heavy atom. The Kier molecular flexibility index (Phi) is 5.51. The van der Waals surface area contributed by atoms with Crippen molar-refractivity contribution in [1.82, 2.24) is 0 Å². The van der Waals surface area contributed by atoms with Crippen LogP contribution in [0.2, 0.25) is 0 Å². The molecule has 0 aromatic rings. The fourth-order valence-corrected chi connectivity index (χ4v) is 1.22. The van der Waals surface area contributed by atoms with Gasteiger partial charge in [0.2, 0.25) is 0 Å². The van der Waals surface area contributed by atoms with Crippen LogP contribution in [0.15, 0.2) is 0 Å². The van der Waals surface area contributed by atoms with Crippen LogP contribution in [0.4, 0.5) is 0 Å². The first kappa shape index (κ1) is 10.9. The lowest BCUT2D eigenvalue weighted by atomic mass is 10.3. The molecule has 0 saturated heterocycles. The molecule has 0 fully saturated rings. The van der Waals surface area contributed by atoms with Gasteiger partial charge < -0.3 is 0 Å². The number of hydrogen-bond donors (Lipinski definition) is 1. The van der Waals surface area contributed by atoms with Gasteiger partial charge in [-0.05, 0) is 34.1 Å². The third-order valence-corrected chi connectivity index (χ3v) is 1.61. The van der Waals surface area contributed by atoms with Gasteiger partial charge in [0.05, 0.1) is 0 Å². The van der Waals surface area contributed by atoms with Crippen LogP contribution in [0.25, 0.3) is 0 Å². The Bertz CT molecular complexity index is 83.6. The summed E-state index contributed by atoms with van der Waals surface area (Å²) in [5, 5.41) is 1.24. The van der Waals surface area contributed by atoms with E-state index in [1.807, 2.05) is 0 Å². The minimum absolute atomic E-state index is 0.557. The quantitative estimate of drug-likeness (QED) is 0.593. The number of hydrogen-bond acceptors (Lipinski definition) is 1. The van der Waals surface area contributed by atoms with Gasteiger partial charge in [0.25, 0.3) is 0 Å². The van der Waals surface area contributed by atoms with Crippen LogP contribution in [0.5, 0.6) is 0 Å². The summed E-state index contributed by atoms with van der Waals surface area (Å²) >= 11 is 0. The molecular weight excluding hydrogens is 138 g/mol. The van der Waals surface area contributed by atoms with Crippen LogP contribution in [0, 0.1) is 0 Å². The third-order valence-electron chi connectivity index (χ3n) is 1.61. The Balaban J connectivity index is 3.70. The molecule has 0 spiro atoms. The summed E-state index contributed by atoms with van der Waals surface area (Å²) in [4.78, 5) is 5.63. The predicted octanol–water partition coefficient (Wildman–Crippen LogP) is 1.03. The molecule has 1 N–H and O–H groups in total. The van der Waals surface area contributed by atoms with Crippen molar-refractivity contribution >= 4 is 0 Å². The molecule has 2 nitrogen and oxygen atoms in total. The highest BCUT2D eigenvalue weighted by atomic mass is 16.7. The Hall–Kier alpha value is -0.0800. The molecule has 0 saturated carbocycles. The summed E-state index contributed by atoms with van der Waals surface area (Å²) < 4.78 is 0. The molecule has 11 heavy (non-hydrogen) atoms. The largest absolute Gasteiger partial charge is 0.204 e. The summed E-state index contributed by atoms with van der Waals surface area (Å²) in [6.07, 6.45) is 1.10. The average Bonchev–Trinajstić information content (AvgIpc) is 1.87. The first-order valence-electron chi connectivity index (χ1n) is 4.59. The number of quaternary nitrogens is 1. The van der Waals surface area contributed by atoms with Crippen molar-refractivity contribution in [2.24, 2.45) is 0 Å². The van der Waals surface area contributed by atoms with E-state index in [9.17, 15) is 0 Å². The van der Waals surface area contributed by atoms with Crippen molar-refractivity contribution in [3.63, 3.8) is 0 Å². The highest BCUT2D eigenvalue weighted by molar-refractivity contribution is 4.35. The van der Waals surface area contributed by atoms with Gasteiger partial charge in [-0.25, -0.2) is 4.84 Å². The molecular formula is C9H22NO+. The summed E-state index contributed by atoms with van der Waals surface area (Å²) in [5.74, 6) is 0. The predicted molar refractivity (Wildman–Crippen MR) is 47.5 cm³/mol. The van der Waals surface area contributed by atoms with E-state index in [4.69, 9.17) is 4.84 Å². The van der Waals surface area contributed by atoms with E-state index in [0.717, 1.165) is 13.0 Å². The lowest BCUT2D eigenvalue weighted by Crippen LogP contribution is -3.17. The average molecular weight is 160 g/mol. The zero-order chi connectivity index (χ0) is 8.85. The van der Waals surface area contributed by atoms with Gasteiger partial charge in [0.1, 0.15) is 18.7 Å². The van der Waals surface area contributed by atoms with Crippen molar-refractivity contribution in [3.05, 3.63) is 0 Å². The molecule has 0 unspecified atom stereocenters. The van der Waals surface area contributed by atoms with E-state index in [2.05, 4.69) is 34.6 Å². The topological polar surface area (TPSA) is 13.7 Å². The Labute approximate surface area is 70.5 Å². The summed E-state index contributed by atoms with van der Waals surface area (Å²) in [6, 6.07) is 1.11. The van der Waals surface area contributed by atoms with Crippen molar-refractivity contribution in [1.29, 1.82) is 0 Å². The van der Waals surface area contributed by atoms with Crippen LogP contribution in [-0.2, 0) is 4.84 Å². The Morgan fingerprint density at radius 3 is 1.82 bits per heavy atom. The molecule has 0 aliphatic carbocycles. The molecule has 0 heterocycles. The molecule has 0 aromatic heterocycles. The SMILES string of the molecule is CCCO[NH+](C(C)C)C(C)C. The van der Waals surface area contributed by atoms with Crippen molar-refractivity contribution in [2.45, 2.75) is 53.1 Å². The molecule has 68 valence electrons. The van der Waals surface area contributed by atoms with Crippen LogP contribution in [0.1, 0.15) is 41.0 Å². The molecule has 0 atom stereocenters. The molecule has 0 rings (SSSR count). The van der Waals surface area contributed by atoms with Crippen LogP contribution >= 0.6 is 0 Å². The fourth-order valence-electron chi connectivity index (χ4n) is 1.22. The minimum atomic E-state index is 0.557. The van der Waals surface area contributed by atoms with E-state index in [1.54, 1.807) is 0 Å². The summed E-state index contributed by atoms with van der Waals surface area (Å²) in [7, 11) is 0. The molecule has 0 amide bonds. The molecule has 0 aromatic carbocycles. The smallest absolute Gasteiger partial charge is 0.112 e. The van der Waals surface area contributed by atoms with Gasteiger partial charge in [-0.2, -0.15) is 5.06 Å². The van der Waals surface area contributed by atoms with Gasteiger partial charge >= 0.3 is 0 Å². The molecule has 2 heteroatoms. The van der Waals surface area contributed by atoms with Crippen LogP contribution in [-0.4, -0.2) is 18.7 Å². The van der Waals surface area contributed by atoms with E-state index in [-0.39, 0.29) is 0 Å². The van der Waals surface area contributed by atoms with Crippen LogP contribution in [0.3, 0.4) is 0 Å². The number of hydroxylamine groups is 2. The van der Waals surface area contributed by atoms with Crippen LogP contribution < -0.4 is 5.06 Å². The first-order chi connectivity index (χ1) is 5.09. The molecule has 0 radical (unpaired) electrons. The highest BCUT2D eigenvalue weighted by Gasteiger charge is 2.17. The van der Waals surface area contributed by atoms with Gasteiger partial charge in [0.15, 0.2) is 0 Å². The zero-order valence-electron chi connectivity index (χ0n) is 8.48. The molecule has 0 aliphatic heterocycles. The van der Waals surface area contributed by atoms with Gasteiger partial charge in [-0.3, -0.25) is 0 Å². The summed E-state index contributed by atoms with van der Waals surface area (Å²) in [5.41, 5.74) is 0. The van der Waals surface area contributed by atoms with Crippen molar-refractivity contribution in [3.8, 4) is 0 Å². The van der Waals surface area contributed by atoms with Crippen molar-refractivity contribution < 1.29 is 9.90 Å². The second kappa shape index (κ2) is 5.56. The van der Waals surface area contributed by atoms with Gasteiger partial charge in [-0.1, -0.05) is 6.92 Å². The van der Waals surface area contributed by atoms with Gasteiger partial charge in [0, 0.05) is 0 Å². The lowest BCUT2D eigenvalue weighted by molar-refractivity contribution is -1.12. The second-order valence-corrected chi connectivity index (χ2v) is 3.56. The van der Waals surface area contributed by atoms with E-state index < -0.39 is 0 Å². The van der Waals surface area contributed by atoms with E-state index in [0.29, 0.717) is 12.1 Å². The molecule has 0 bridgehead atoms. The van der Waals surface area contributed by atoms with E-state index >= 15 is 0 Å².